The lowest BCUT2D eigenvalue weighted by Crippen LogP contribution is -1.85. The summed E-state index contributed by atoms with van der Waals surface area (Å²) in [5, 5.41) is 0. The Labute approximate surface area is 78.4 Å². The minimum atomic E-state index is 0.673. The molecule has 0 aromatic carbocycles. The Morgan fingerprint density at radius 1 is 1.42 bits per heavy atom. The SMILES string of the molecule is CC.COc1cc(SC)ccn1. The maximum absolute atomic E-state index is 4.93. The highest BCUT2D eigenvalue weighted by Crippen LogP contribution is 2.17. The third kappa shape index (κ3) is 3.62. The Morgan fingerprint density at radius 2 is 2.08 bits per heavy atom. The van der Waals surface area contributed by atoms with Gasteiger partial charge >= 0.3 is 0 Å². The molecule has 0 N–H and O–H groups in total. The first-order valence-corrected chi connectivity index (χ1v) is 5.13. The molecular formula is C9H15NOS. The molecule has 0 spiro atoms. The van der Waals surface area contributed by atoms with Gasteiger partial charge in [-0.15, -0.1) is 11.8 Å². The molecule has 0 aliphatic rings. The molecule has 0 bridgehead atoms. The minimum absolute atomic E-state index is 0.673. The first kappa shape index (κ1) is 11.3. The number of methoxy groups -OCH3 is 1. The van der Waals surface area contributed by atoms with Crippen LogP contribution in [0.15, 0.2) is 23.2 Å². The van der Waals surface area contributed by atoms with Crippen molar-refractivity contribution in [3.8, 4) is 5.88 Å². The molecule has 1 heterocycles. The van der Waals surface area contributed by atoms with Crippen LogP contribution >= 0.6 is 11.8 Å². The summed E-state index contributed by atoms with van der Waals surface area (Å²) in [7, 11) is 1.62. The van der Waals surface area contributed by atoms with E-state index in [4.69, 9.17) is 4.74 Å². The molecule has 0 saturated carbocycles. The van der Waals surface area contributed by atoms with Gasteiger partial charge in [0.05, 0.1) is 7.11 Å². The Balaban J connectivity index is 0.000000561. The van der Waals surface area contributed by atoms with Gasteiger partial charge in [-0.25, -0.2) is 4.98 Å². The smallest absolute Gasteiger partial charge is 0.214 e. The molecule has 0 atom stereocenters. The number of hydrogen-bond acceptors (Lipinski definition) is 3. The number of nitrogens with zero attached hydrogens (tertiary/aromatic N) is 1. The Kier molecular flexibility index (Phi) is 6.57. The molecule has 1 aromatic rings. The Morgan fingerprint density at radius 3 is 2.58 bits per heavy atom. The Hall–Kier alpha value is -0.700. The lowest BCUT2D eigenvalue weighted by molar-refractivity contribution is 0.396. The number of ether oxygens (including phenoxy) is 1. The summed E-state index contributed by atoms with van der Waals surface area (Å²) in [5.41, 5.74) is 0. The summed E-state index contributed by atoms with van der Waals surface area (Å²) in [6.45, 7) is 4.00. The van der Waals surface area contributed by atoms with Gasteiger partial charge in [0.2, 0.25) is 5.88 Å². The molecule has 12 heavy (non-hydrogen) atoms. The molecule has 3 heteroatoms. The average Bonchev–Trinajstić information content (AvgIpc) is 2.21. The zero-order chi connectivity index (χ0) is 9.40. The fourth-order valence-corrected chi connectivity index (χ4v) is 1.05. The van der Waals surface area contributed by atoms with Crippen LogP contribution in [0.4, 0.5) is 0 Å². The van der Waals surface area contributed by atoms with Gasteiger partial charge in [-0.1, -0.05) is 13.8 Å². The van der Waals surface area contributed by atoms with Gasteiger partial charge in [0, 0.05) is 17.2 Å². The molecule has 0 saturated heterocycles. The third-order valence-corrected chi connectivity index (χ3v) is 1.88. The second-order valence-electron chi connectivity index (χ2n) is 1.74. The van der Waals surface area contributed by atoms with E-state index in [2.05, 4.69) is 4.98 Å². The van der Waals surface area contributed by atoms with Crippen molar-refractivity contribution < 1.29 is 4.74 Å². The summed E-state index contributed by atoms with van der Waals surface area (Å²) in [4.78, 5) is 5.14. The lowest BCUT2D eigenvalue weighted by atomic mass is 10.5. The van der Waals surface area contributed by atoms with E-state index in [1.165, 1.54) is 4.90 Å². The van der Waals surface area contributed by atoms with E-state index in [0.29, 0.717) is 5.88 Å². The monoisotopic (exact) mass is 185 g/mol. The lowest BCUT2D eigenvalue weighted by Gasteiger charge is -1.98. The molecule has 0 radical (unpaired) electrons. The fourth-order valence-electron chi connectivity index (χ4n) is 0.630. The zero-order valence-corrected chi connectivity index (χ0v) is 8.81. The second kappa shape index (κ2) is 6.98. The van der Waals surface area contributed by atoms with Crippen molar-refractivity contribution in [3.63, 3.8) is 0 Å². The molecule has 2 nitrogen and oxygen atoms in total. The number of hydrogen-bond donors (Lipinski definition) is 0. The highest BCUT2D eigenvalue weighted by atomic mass is 32.2. The summed E-state index contributed by atoms with van der Waals surface area (Å²) >= 11 is 1.68. The number of pyridine rings is 1. The summed E-state index contributed by atoms with van der Waals surface area (Å²) in [6.07, 6.45) is 3.76. The molecule has 0 aliphatic heterocycles. The predicted molar refractivity (Wildman–Crippen MR) is 53.9 cm³/mol. The van der Waals surface area contributed by atoms with Crippen molar-refractivity contribution in [1.29, 1.82) is 0 Å². The van der Waals surface area contributed by atoms with Gasteiger partial charge in [0.1, 0.15) is 0 Å². The van der Waals surface area contributed by atoms with Crippen LogP contribution < -0.4 is 4.74 Å². The van der Waals surface area contributed by atoms with E-state index in [1.54, 1.807) is 25.1 Å². The van der Waals surface area contributed by atoms with Crippen molar-refractivity contribution in [1.82, 2.24) is 4.98 Å². The molecule has 0 unspecified atom stereocenters. The fraction of sp³-hybridized carbons (Fsp3) is 0.444. The van der Waals surface area contributed by atoms with Crippen molar-refractivity contribution in [2.75, 3.05) is 13.4 Å². The maximum atomic E-state index is 4.93. The van der Waals surface area contributed by atoms with Crippen molar-refractivity contribution in [3.05, 3.63) is 18.3 Å². The van der Waals surface area contributed by atoms with E-state index in [0.717, 1.165) is 0 Å². The molecule has 68 valence electrons. The molecule has 0 fully saturated rings. The molecular weight excluding hydrogens is 170 g/mol. The van der Waals surface area contributed by atoms with E-state index in [-0.39, 0.29) is 0 Å². The summed E-state index contributed by atoms with van der Waals surface area (Å²) < 4.78 is 4.93. The van der Waals surface area contributed by atoms with Crippen molar-refractivity contribution in [2.24, 2.45) is 0 Å². The Bertz CT molecular complexity index is 196. The highest BCUT2D eigenvalue weighted by Gasteiger charge is 1.92. The van der Waals surface area contributed by atoms with Gasteiger partial charge < -0.3 is 4.74 Å². The van der Waals surface area contributed by atoms with Crippen LogP contribution in [-0.4, -0.2) is 18.3 Å². The largest absolute Gasteiger partial charge is 0.481 e. The minimum Gasteiger partial charge on any atom is -0.481 e. The maximum Gasteiger partial charge on any atom is 0.214 e. The molecule has 1 aromatic heterocycles. The molecule has 0 aliphatic carbocycles. The average molecular weight is 185 g/mol. The topological polar surface area (TPSA) is 22.1 Å². The van der Waals surface area contributed by atoms with Gasteiger partial charge in [-0.2, -0.15) is 0 Å². The van der Waals surface area contributed by atoms with E-state index in [1.807, 2.05) is 32.2 Å². The van der Waals surface area contributed by atoms with Crippen LogP contribution in [0.3, 0.4) is 0 Å². The van der Waals surface area contributed by atoms with Crippen LogP contribution in [0.1, 0.15) is 13.8 Å². The molecule has 0 amide bonds. The van der Waals surface area contributed by atoms with Crippen LogP contribution in [-0.2, 0) is 0 Å². The van der Waals surface area contributed by atoms with Gasteiger partial charge in [-0.05, 0) is 12.3 Å². The van der Waals surface area contributed by atoms with Crippen LogP contribution in [0.25, 0.3) is 0 Å². The second-order valence-corrected chi connectivity index (χ2v) is 2.62. The quantitative estimate of drug-likeness (QED) is 0.661. The number of rotatable bonds is 2. The van der Waals surface area contributed by atoms with Gasteiger partial charge in [0.15, 0.2) is 0 Å². The highest BCUT2D eigenvalue weighted by molar-refractivity contribution is 7.98. The first-order valence-electron chi connectivity index (χ1n) is 3.91. The van der Waals surface area contributed by atoms with Crippen LogP contribution in [0.5, 0.6) is 5.88 Å². The zero-order valence-electron chi connectivity index (χ0n) is 8.00. The molecule has 1 rings (SSSR count). The number of thioether (sulfide) groups is 1. The summed E-state index contributed by atoms with van der Waals surface area (Å²) in [6, 6.07) is 3.86. The van der Waals surface area contributed by atoms with Gasteiger partial charge in [-0.3, -0.25) is 0 Å². The standard InChI is InChI=1S/C7H9NOS.C2H6/c1-9-7-5-6(10-2)3-4-8-7;1-2/h3-5H,1-2H3;1-2H3. The van der Waals surface area contributed by atoms with E-state index in [9.17, 15) is 0 Å². The van der Waals surface area contributed by atoms with Crippen LogP contribution in [0, 0.1) is 0 Å². The van der Waals surface area contributed by atoms with E-state index >= 15 is 0 Å². The summed E-state index contributed by atoms with van der Waals surface area (Å²) in [5.74, 6) is 0.673. The normalized spacial score (nSPS) is 8.33. The number of aromatic nitrogens is 1. The third-order valence-electron chi connectivity index (χ3n) is 1.15. The van der Waals surface area contributed by atoms with Crippen molar-refractivity contribution in [2.45, 2.75) is 18.7 Å². The van der Waals surface area contributed by atoms with E-state index < -0.39 is 0 Å². The van der Waals surface area contributed by atoms with Crippen LogP contribution in [0.2, 0.25) is 0 Å². The predicted octanol–water partition coefficient (Wildman–Crippen LogP) is 2.84. The van der Waals surface area contributed by atoms with Gasteiger partial charge in [0.25, 0.3) is 0 Å². The van der Waals surface area contributed by atoms with Crippen molar-refractivity contribution >= 4 is 11.8 Å². The first-order chi connectivity index (χ1) is 5.86.